The zero-order valence-electron chi connectivity index (χ0n) is 10.9. The molecule has 0 amide bonds. The molecule has 0 saturated heterocycles. The molecule has 2 aromatic heterocycles. The quantitative estimate of drug-likeness (QED) is 0.587. The van der Waals surface area contributed by atoms with E-state index in [4.69, 9.17) is 9.68 Å². The molecule has 1 aromatic carbocycles. The molecule has 0 bridgehead atoms. The number of aromatic nitrogens is 6. The van der Waals surface area contributed by atoms with Gasteiger partial charge in [0.15, 0.2) is 0 Å². The standard InChI is InChI=1S/C12H8N6O4/c19-11(21-17-7-5-13-15-17)9-1-2-10(4-3-9)12(20)22-18-8-6-14-16-18/h1-8H. The maximum Gasteiger partial charge on any atom is 0.365 e. The zero-order valence-corrected chi connectivity index (χ0v) is 10.9. The molecule has 0 aliphatic rings. The summed E-state index contributed by atoms with van der Waals surface area (Å²) >= 11 is 0. The molecular weight excluding hydrogens is 292 g/mol. The van der Waals surface area contributed by atoms with Gasteiger partial charge >= 0.3 is 11.9 Å². The van der Waals surface area contributed by atoms with Crippen LogP contribution in [0, 0.1) is 0 Å². The molecule has 0 saturated carbocycles. The summed E-state index contributed by atoms with van der Waals surface area (Å²) in [6, 6.07) is 5.71. The van der Waals surface area contributed by atoms with Gasteiger partial charge in [0.05, 0.1) is 35.9 Å². The Morgan fingerprint density at radius 1 is 0.773 bits per heavy atom. The van der Waals surface area contributed by atoms with Crippen LogP contribution in [0.5, 0.6) is 0 Å². The third-order valence-corrected chi connectivity index (χ3v) is 2.51. The van der Waals surface area contributed by atoms with E-state index >= 15 is 0 Å². The van der Waals surface area contributed by atoms with Gasteiger partial charge in [-0.2, -0.15) is 0 Å². The van der Waals surface area contributed by atoms with Gasteiger partial charge in [-0.1, -0.05) is 9.69 Å². The zero-order chi connectivity index (χ0) is 15.4. The minimum absolute atomic E-state index is 0.243. The Labute approximate surface area is 122 Å². The second-order valence-electron chi connectivity index (χ2n) is 3.95. The van der Waals surface area contributed by atoms with E-state index in [1.165, 1.54) is 49.1 Å². The van der Waals surface area contributed by atoms with Crippen LogP contribution in [-0.2, 0) is 0 Å². The normalized spacial score (nSPS) is 10.2. The van der Waals surface area contributed by atoms with Crippen molar-refractivity contribution in [1.29, 1.82) is 0 Å². The minimum atomic E-state index is -0.637. The van der Waals surface area contributed by atoms with E-state index in [0.717, 1.165) is 9.69 Å². The van der Waals surface area contributed by atoms with Crippen LogP contribution in [0.25, 0.3) is 0 Å². The third kappa shape index (κ3) is 2.95. The molecule has 0 unspecified atom stereocenters. The average Bonchev–Trinajstić information content (AvgIpc) is 3.21. The van der Waals surface area contributed by atoms with Gasteiger partial charge in [0.25, 0.3) is 0 Å². The number of benzene rings is 1. The molecule has 0 atom stereocenters. The average molecular weight is 300 g/mol. The number of carbonyl (C=O) groups is 2. The first-order chi connectivity index (χ1) is 10.7. The molecule has 10 heteroatoms. The monoisotopic (exact) mass is 300 g/mol. The van der Waals surface area contributed by atoms with Gasteiger partial charge in [-0.15, -0.1) is 10.2 Å². The van der Waals surface area contributed by atoms with Crippen LogP contribution in [-0.4, -0.2) is 42.3 Å². The Morgan fingerprint density at radius 3 is 1.50 bits per heavy atom. The molecule has 0 aliphatic carbocycles. The van der Waals surface area contributed by atoms with Crippen LogP contribution in [0.3, 0.4) is 0 Å². The molecular formula is C12H8N6O4. The predicted octanol–water partition coefficient (Wildman–Crippen LogP) is -0.592. The van der Waals surface area contributed by atoms with Gasteiger partial charge in [0, 0.05) is 0 Å². The van der Waals surface area contributed by atoms with Crippen molar-refractivity contribution in [2.45, 2.75) is 0 Å². The van der Waals surface area contributed by atoms with Crippen molar-refractivity contribution in [3.63, 3.8) is 0 Å². The van der Waals surface area contributed by atoms with E-state index in [0.29, 0.717) is 0 Å². The van der Waals surface area contributed by atoms with Crippen LogP contribution in [0.4, 0.5) is 0 Å². The number of carbonyl (C=O) groups excluding carboxylic acids is 2. The molecule has 2 heterocycles. The van der Waals surface area contributed by atoms with Gasteiger partial charge in [-0.05, 0) is 34.7 Å². The Bertz CT molecular complexity index is 699. The highest BCUT2D eigenvalue weighted by Gasteiger charge is 2.13. The van der Waals surface area contributed by atoms with E-state index in [9.17, 15) is 9.59 Å². The maximum absolute atomic E-state index is 11.8. The highest BCUT2D eigenvalue weighted by atomic mass is 16.7. The second-order valence-corrected chi connectivity index (χ2v) is 3.95. The van der Waals surface area contributed by atoms with Crippen molar-refractivity contribution in [2.75, 3.05) is 0 Å². The molecule has 0 aliphatic heterocycles. The Morgan fingerprint density at radius 2 is 1.18 bits per heavy atom. The van der Waals surface area contributed by atoms with Gasteiger partial charge in [-0.3, -0.25) is 0 Å². The summed E-state index contributed by atoms with van der Waals surface area (Å²) in [5.74, 6) is -1.27. The molecule has 0 radical (unpaired) electrons. The van der Waals surface area contributed by atoms with Crippen LogP contribution < -0.4 is 9.68 Å². The first kappa shape index (κ1) is 13.4. The Hall–Kier alpha value is -3.56. The van der Waals surface area contributed by atoms with Gasteiger partial charge in [0.1, 0.15) is 0 Å². The van der Waals surface area contributed by atoms with E-state index in [1.54, 1.807) is 0 Å². The fourth-order valence-electron chi connectivity index (χ4n) is 1.51. The van der Waals surface area contributed by atoms with Crippen LogP contribution in [0.2, 0.25) is 0 Å². The summed E-state index contributed by atoms with van der Waals surface area (Å²) in [6.45, 7) is 0. The Balaban J connectivity index is 1.67. The van der Waals surface area contributed by atoms with Crippen molar-refractivity contribution in [1.82, 2.24) is 30.3 Å². The van der Waals surface area contributed by atoms with Crippen molar-refractivity contribution in [2.24, 2.45) is 0 Å². The molecule has 0 N–H and O–H groups in total. The van der Waals surface area contributed by atoms with Crippen LogP contribution in [0.1, 0.15) is 20.7 Å². The lowest BCUT2D eigenvalue weighted by Gasteiger charge is -2.04. The highest BCUT2D eigenvalue weighted by Crippen LogP contribution is 2.06. The lowest BCUT2D eigenvalue weighted by molar-refractivity contribution is 0.0369. The smallest absolute Gasteiger partial charge is 0.312 e. The SMILES string of the molecule is O=C(On1ccnn1)c1ccc(C(=O)On2ccnn2)cc1. The molecule has 0 fully saturated rings. The molecule has 110 valence electrons. The fraction of sp³-hybridized carbons (Fsp3) is 0. The summed E-state index contributed by atoms with van der Waals surface area (Å²) in [7, 11) is 0. The topological polar surface area (TPSA) is 114 Å². The predicted molar refractivity (Wildman–Crippen MR) is 68.3 cm³/mol. The van der Waals surface area contributed by atoms with Crippen molar-refractivity contribution in [3.8, 4) is 0 Å². The van der Waals surface area contributed by atoms with Crippen molar-refractivity contribution < 1.29 is 19.3 Å². The van der Waals surface area contributed by atoms with Crippen LogP contribution in [0.15, 0.2) is 49.1 Å². The van der Waals surface area contributed by atoms with Gasteiger partial charge in [0.2, 0.25) is 0 Å². The fourth-order valence-corrected chi connectivity index (χ4v) is 1.51. The minimum Gasteiger partial charge on any atom is -0.312 e. The Kier molecular flexibility index (Phi) is 3.56. The van der Waals surface area contributed by atoms with Gasteiger partial charge in [-0.25, -0.2) is 9.59 Å². The molecule has 10 nitrogen and oxygen atoms in total. The number of hydrogen-bond donors (Lipinski definition) is 0. The highest BCUT2D eigenvalue weighted by molar-refractivity contribution is 5.93. The lowest BCUT2D eigenvalue weighted by atomic mass is 10.1. The summed E-state index contributed by atoms with van der Waals surface area (Å²) in [5, 5.41) is 14.0. The molecule has 3 rings (SSSR count). The lowest BCUT2D eigenvalue weighted by Crippen LogP contribution is -2.22. The second kappa shape index (κ2) is 5.83. The summed E-state index contributed by atoms with van der Waals surface area (Å²) in [6.07, 6.45) is 5.50. The third-order valence-electron chi connectivity index (χ3n) is 2.51. The van der Waals surface area contributed by atoms with Crippen molar-refractivity contribution in [3.05, 3.63) is 60.2 Å². The summed E-state index contributed by atoms with van der Waals surface area (Å²) in [4.78, 5) is 35.2. The first-order valence-corrected chi connectivity index (χ1v) is 6.00. The van der Waals surface area contributed by atoms with E-state index in [-0.39, 0.29) is 11.1 Å². The van der Waals surface area contributed by atoms with Crippen LogP contribution >= 0.6 is 0 Å². The first-order valence-electron chi connectivity index (χ1n) is 6.00. The molecule has 22 heavy (non-hydrogen) atoms. The maximum atomic E-state index is 11.8. The number of nitrogens with zero attached hydrogens (tertiary/aromatic N) is 6. The summed E-state index contributed by atoms with van der Waals surface area (Å²) < 4.78 is 0. The molecule has 3 aromatic rings. The number of rotatable bonds is 4. The van der Waals surface area contributed by atoms with E-state index in [2.05, 4.69) is 20.6 Å². The largest absolute Gasteiger partial charge is 0.365 e. The number of hydrogen-bond acceptors (Lipinski definition) is 8. The van der Waals surface area contributed by atoms with Gasteiger partial charge < -0.3 is 9.68 Å². The summed E-state index contributed by atoms with van der Waals surface area (Å²) in [5.41, 5.74) is 0.487. The van der Waals surface area contributed by atoms with Crippen molar-refractivity contribution >= 4 is 11.9 Å². The van der Waals surface area contributed by atoms with E-state index in [1.807, 2.05) is 0 Å². The molecule has 0 spiro atoms. The van der Waals surface area contributed by atoms with E-state index < -0.39 is 11.9 Å².